The molecule has 0 aliphatic carbocycles. The number of hydrogen-bond donors (Lipinski definition) is 6. The number of phenolic OH excluding ortho intramolecular Hbond substituents is 1. The van der Waals surface area contributed by atoms with Crippen LogP contribution in [0.1, 0.15) is 55.2 Å². The number of carboxylic acids is 2. The molecule has 70 heavy (non-hydrogen) atoms. The van der Waals surface area contributed by atoms with Crippen LogP contribution in [0.3, 0.4) is 0 Å². The molecule has 2 amide bonds. The quantitative estimate of drug-likeness (QED) is 0.0282. The van der Waals surface area contributed by atoms with Gasteiger partial charge >= 0.3 is 11.9 Å². The number of carbonyl (C=O) groups is 7. The number of aromatic hydroxyl groups is 1. The fraction of sp³-hybridized carbons (Fsp3) is 0.377. The first kappa shape index (κ1) is 55.2. The number of phenols is 1. The van der Waals surface area contributed by atoms with Crippen LogP contribution in [0.5, 0.6) is 17.2 Å². The van der Waals surface area contributed by atoms with Crippen molar-refractivity contribution in [3.8, 4) is 29.6 Å². The third-order valence-electron chi connectivity index (χ3n) is 11.0. The second-order valence-corrected chi connectivity index (χ2v) is 16.5. The van der Waals surface area contributed by atoms with E-state index in [1.807, 2.05) is 30.3 Å². The largest absolute Gasteiger partial charge is 0.508 e. The van der Waals surface area contributed by atoms with Gasteiger partial charge in [-0.3, -0.25) is 33.6 Å². The maximum atomic E-state index is 14.2. The third kappa shape index (κ3) is 20.9. The van der Waals surface area contributed by atoms with Crippen molar-refractivity contribution in [2.45, 2.75) is 75.9 Å². The van der Waals surface area contributed by atoms with Gasteiger partial charge in [0, 0.05) is 31.8 Å². The van der Waals surface area contributed by atoms with Gasteiger partial charge in [0.05, 0.1) is 56.7 Å². The molecular formula is C53H61N3O14. The summed E-state index contributed by atoms with van der Waals surface area (Å²) in [6, 6.07) is 27.0. The van der Waals surface area contributed by atoms with Gasteiger partial charge in [0.2, 0.25) is 11.8 Å². The Morgan fingerprint density at radius 1 is 0.543 bits per heavy atom. The van der Waals surface area contributed by atoms with E-state index in [0.29, 0.717) is 22.6 Å². The smallest absolute Gasteiger partial charge is 0.305 e. The van der Waals surface area contributed by atoms with Gasteiger partial charge in [-0.15, -0.1) is 6.42 Å². The second kappa shape index (κ2) is 30.2. The lowest BCUT2D eigenvalue weighted by Gasteiger charge is -2.25. The number of ether oxygens (including phenoxy) is 4. The third-order valence-corrected chi connectivity index (χ3v) is 11.0. The van der Waals surface area contributed by atoms with Crippen LogP contribution < -0.4 is 25.8 Å². The summed E-state index contributed by atoms with van der Waals surface area (Å²) in [4.78, 5) is 92.9. The minimum Gasteiger partial charge on any atom is -0.508 e. The molecule has 0 aromatic heterocycles. The van der Waals surface area contributed by atoms with Crippen molar-refractivity contribution in [1.82, 2.24) is 10.6 Å². The maximum Gasteiger partial charge on any atom is 0.305 e. The highest BCUT2D eigenvalue weighted by atomic mass is 16.5. The molecular weight excluding hydrogens is 903 g/mol. The first-order chi connectivity index (χ1) is 33.7. The summed E-state index contributed by atoms with van der Waals surface area (Å²) in [5.74, 6) is -5.31. The average molecular weight is 964 g/mol. The first-order valence-electron chi connectivity index (χ1n) is 22.9. The Kier molecular flexibility index (Phi) is 23.8. The van der Waals surface area contributed by atoms with Crippen LogP contribution in [0.15, 0.2) is 109 Å². The molecule has 0 spiro atoms. The number of benzene rings is 4. The van der Waals surface area contributed by atoms with Gasteiger partial charge in [-0.2, -0.15) is 0 Å². The molecule has 0 fully saturated rings. The summed E-state index contributed by atoms with van der Waals surface area (Å²) < 4.78 is 22.0. The van der Waals surface area contributed by atoms with Crippen molar-refractivity contribution in [3.05, 3.63) is 126 Å². The number of amides is 2. The van der Waals surface area contributed by atoms with Crippen molar-refractivity contribution >= 4 is 41.1 Å². The number of carbonyl (C=O) groups excluding carboxylic acids is 5. The SMILES string of the molecule is C#CCOc1ccc(OCCOCCOCCCC(=O)[C@H](CC(=O)O)NC(=O)[C@H](CC(=O)O)CC(=O)[C@H](Cc2ccccc2)NC(=O)[C@@H](CC(=O)[C@@H](N)Cc2ccccc2)Cc2ccc(O)cc2)cc1. The molecule has 17 heteroatoms. The summed E-state index contributed by atoms with van der Waals surface area (Å²) >= 11 is 0. The van der Waals surface area contributed by atoms with Crippen LogP contribution >= 0.6 is 0 Å². The van der Waals surface area contributed by atoms with E-state index in [9.17, 15) is 48.9 Å². The number of nitrogens with two attached hydrogens (primary N) is 1. The maximum absolute atomic E-state index is 14.2. The Morgan fingerprint density at radius 2 is 1.06 bits per heavy atom. The zero-order valence-corrected chi connectivity index (χ0v) is 38.9. The van der Waals surface area contributed by atoms with Crippen molar-refractivity contribution in [1.29, 1.82) is 0 Å². The molecule has 4 aromatic carbocycles. The van der Waals surface area contributed by atoms with Gasteiger partial charge in [0.25, 0.3) is 0 Å². The minimum absolute atomic E-state index is 0.00668. The molecule has 0 bridgehead atoms. The number of nitrogens with one attached hydrogen (secondary N) is 2. The lowest BCUT2D eigenvalue weighted by atomic mass is 9.88. The Hall–Kier alpha value is -7.39. The molecule has 0 saturated carbocycles. The van der Waals surface area contributed by atoms with Crippen molar-refractivity contribution < 1.29 is 67.8 Å². The summed E-state index contributed by atoms with van der Waals surface area (Å²) in [5, 5.41) is 34.4. The Labute approximate surface area is 407 Å². The van der Waals surface area contributed by atoms with E-state index in [0.717, 1.165) is 5.56 Å². The highest BCUT2D eigenvalue weighted by Gasteiger charge is 2.34. The van der Waals surface area contributed by atoms with Gasteiger partial charge in [-0.25, -0.2) is 0 Å². The van der Waals surface area contributed by atoms with Crippen molar-refractivity contribution in [2.75, 3.05) is 39.6 Å². The zero-order valence-electron chi connectivity index (χ0n) is 38.9. The van der Waals surface area contributed by atoms with Crippen LogP contribution in [0.25, 0.3) is 0 Å². The van der Waals surface area contributed by atoms with E-state index >= 15 is 0 Å². The Morgan fingerprint density at radius 3 is 1.66 bits per heavy atom. The molecule has 5 atom stereocenters. The highest BCUT2D eigenvalue weighted by Crippen LogP contribution is 2.21. The van der Waals surface area contributed by atoms with E-state index in [2.05, 4.69) is 16.6 Å². The molecule has 4 rings (SSSR count). The molecule has 372 valence electrons. The van der Waals surface area contributed by atoms with Gasteiger partial charge in [-0.1, -0.05) is 78.7 Å². The predicted octanol–water partition coefficient (Wildman–Crippen LogP) is 4.29. The first-order valence-corrected chi connectivity index (χ1v) is 22.9. The van der Waals surface area contributed by atoms with E-state index in [1.165, 1.54) is 12.1 Å². The molecule has 0 saturated heterocycles. The summed E-state index contributed by atoms with van der Waals surface area (Å²) in [7, 11) is 0. The number of Topliss-reactive ketones (excluding diaryl/α,β-unsaturated/α-hetero) is 3. The van der Waals surface area contributed by atoms with Crippen LogP contribution in [-0.4, -0.2) is 114 Å². The van der Waals surface area contributed by atoms with Gasteiger partial charge < -0.3 is 50.6 Å². The predicted molar refractivity (Wildman–Crippen MR) is 257 cm³/mol. The van der Waals surface area contributed by atoms with E-state index in [-0.39, 0.29) is 83.9 Å². The van der Waals surface area contributed by atoms with Crippen LogP contribution in [0, 0.1) is 24.2 Å². The van der Waals surface area contributed by atoms with Crippen LogP contribution in [-0.2, 0) is 62.3 Å². The zero-order chi connectivity index (χ0) is 50.7. The standard InChI is InChI=1S/C53H61N3O14/c1-2-23-69-42-19-21-43(22-20-42)70-28-27-68-26-25-67-24-9-14-47(58)46(35-51(63)64)56-53(66)40(34-50(61)62)33-49(60)45(31-37-12-7-4-8-13-37)55-52(65)39(29-38-15-17-41(57)18-16-38)32-48(59)44(54)30-36-10-5-3-6-11-36/h1,3-8,10-13,15-22,39-40,44-46,57H,9,14,23-35,54H2,(H,55,65)(H,56,66)(H,61,62)(H,63,64)/t39-,40+,44+,45+,46+/m1/s1. The van der Waals surface area contributed by atoms with E-state index in [1.54, 1.807) is 66.7 Å². The lowest BCUT2D eigenvalue weighted by molar-refractivity contribution is -0.144. The minimum atomic E-state index is -1.57. The summed E-state index contributed by atoms with van der Waals surface area (Å²) in [5.41, 5.74) is 8.38. The molecule has 0 heterocycles. The molecule has 0 aliphatic heterocycles. The molecule has 4 aromatic rings. The highest BCUT2D eigenvalue weighted by molar-refractivity contribution is 5.97. The molecule has 7 N–H and O–H groups in total. The number of rotatable bonds is 34. The van der Waals surface area contributed by atoms with Crippen LogP contribution in [0.4, 0.5) is 0 Å². The van der Waals surface area contributed by atoms with Gasteiger partial charge in [-0.05, 0) is 78.8 Å². The number of hydrogen-bond acceptors (Lipinski definition) is 13. The molecule has 0 unspecified atom stereocenters. The van der Waals surface area contributed by atoms with Gasteiger partial charge in [0.1, 0.15) is 30.5 Å². The Balaban J connectivity index is 1.36. The molecule has 0 aliphatic rings. The van der Waals surface area contributed by atoms with Crippen molar-refractivity contribution in [2.24, 2.45) is 17.6 Å². The number of terminal acetylenes is 1. The second-order valence-electron chi connectivity index (χ2n) is 16.5. The summed E-state index contributed by atoms with van der Waals surface area (Å²) in [6.45, 7) is 1.26. The topological polar surface area (TPSA) is 267 Å². The average Bonchev–Trinajstić information content (AvgIpc) is 3.34. The lowest BCUT2D eigenvalue weighted by Crippen LogP contribution is -2.49. The van der Waals surface area contributed by atoms with E-state index in [4.69, 9.17) is 31.1 Å². The van der Waals surface area contributed by atoms with E-state index < -0.39 is 90.3 Å². The monoisotopic (exact) mass is 963 g/mol. The number of aliphatic carboxylic acids is 2. The summed E-state index contributed by atoms with van der Waals surface area (Å²) in [6.07, 6.45) is 2.72. The van der Waals surface area contributed by atoms with Gasteiger partial charge in [0.15, 0.2) is 17.3 Å². The fourth-order valence-corrected chi connectivity index (χ4v) is 7.32. The molecule has 17 nitrogen and oxygen atoms in total. The van der Waals surface area contributed by atoms with Crippen LogP contribution in [0.2, 0.25) is 0 Å². The Bertz CT molecular complexity index is 2340. The molecule has 0 radical (unpaired) electrons. The fourth-order valence-electron chi connectivity index (χ4n) is 7.32. The number of ketones is 3. The number of carboxylic acid groups (broad SMARTS) is 2. The normalized spacial score (nSPS) is 13.0. The van der Waals surface area contributed by atoms with Crippen molar-refractivity contribution in [3.63, 3.8) is 0 Å².